The van der Waals surface area contributed by atoms with E-state index in [2.05, 4.69) is 0 Å². The summed E-state index contributed by atoms with van der Waals surface area (Å²) in [4.78, 5) is 0. The number of hydrogen-bond acceptors (Lipinski definition) is 1. The van der Waals surface area contributed by atoms with Gasteiger partial charge in [-0.05, 0) is 36.1 Å². The fourth-order valence-electron chi connectivity index (χ4n) is 2.35. The van der Waals surface area contributed by atoms with Gasteiger partial charge < -0.3 is 5.11 Å². The quantitative estimate of drug-likeness (QED) is 0.838. The Morgan fingerprint density at radius 3 is 1.55 bits per heavy atom. The highest BCUT2D eigenvalue weighted by Crippen LogP contribution is 2.28. The van der Waals surface area contributed by atoms with Gasteiger partial charge in [0.15, 0.2) is 0 Å². The molecule has 0 saturated carbocycles. The van der Waals surface area contributed by atoms with Gasteiger partial charge in [-0.3, -0.25) is 0 Å². The van der Waals surface area contributed by atoms with Crippen LogP contribution in [0.1, 0.15) is 42.2 Å². The summed E-state index contributed by atoms with van der Waals surface area (Å²) in [6.45, 7) is 3.97. The van der Waals surface area contributed by atoms with Crippen LogP contribution in [-0.4, -0.2) is 5.11 Å². The van der Waals surface area contributed by atoms with Crippen LogP contribution < -0.4 is 0 Å². The molecular weight excluding hydrogens is 244 g/mol. The van der Waals surface area contributed by atoms with Crippen LogP contribution in [0, 0.1) is 0 Å². The van der Waals surface area contributed by atoms with Crippen LogP contribution in [0.15, 0.2) is 60.7 Å². The first kappa shape index (κ1) is 14.3. The molecule has 0 fully saturated rings. The molecule has 2 aromatic rings. The summed E-state index contributed by atoms with van der Waals surface area (Å²) in [7, 11) is 0. The Morgan fingerprint density at radius 2 is 1.15 bits per heavy atom. The standard InChI is InChI=1S/C19H20O/c1-3-9-15-11-5-7-13-17(15)19(20)18-14-8-6-12-16(18)10-4-2/h3-14,19-20H,1-2H3. The molecule has 0 amide bonds. The largest absolute Gasteiger partial charge is 0.384 e. The molecule has 0 bridgehead atoms. The zero-order valence-corrected chi connectivity index (χ0v) is 12.0. The van der Waals surface area contributed by atoms with Crippen LogP contribution in [0.5, 0.6) is 0 Å². The Kier molecular flexibility index (Phi) is 4.91. The van der Waals surface area contributed by atoms with Crippen molar-refractivity contribution in [2.45, 2.75) is 20.0 Å². The van der Waals surface area contributed by atoms with Crippen molar-refractivity contribution in [3.8, 4) is 0 Å². The second-order valence-corrected chi connectivity index (χ2v) is 4.66. The SMILES string of the molecule is CC=Cc1ccccc1C(O)c1ccccc1C=CC. The third-order valence-corrected chi connectivity index (χ3v) is 3.27. The maximum absolute atomic E-state index is 10.7. The van der Waals surface area contributed by atoms with Crippen molar-refractivity contribution in [3.63, 3.8) is 0 Å². The van der Waals surface area contributed by atoms with Crippen molar-refractivity contribution in [2.24, 2.45) is 0 Å². The molecule has 1 heteroatoms. The van der Waals surface area contributed by atoms with Gasteiger partial charge in [0.25, 0.3) is 0 Å². The van der Waals surface area contributed by atoms with Crippen LogP contribution in [0.2, 0.25) is 0 Å². The lowest BCUT2D eigenvalue weighted by molar-refractivity contribution is 0.220. The number of allylic oxidation sites excluding steroid dienone is 2. The summed E-state index contributed by atoms with van der Waals surface area (Å²) in [5.41, 5.74) is 3.97. The van der Waals surface area contributed by atoms with Gasteiger partial charge in [-0.15, -0.1) is 0 Å². The van der Waals surface area contributed by atoms with E-state index in [9.17, 15) is 5.11 Å². The summed E-state index contributed by atoms with van der Waals surface area (Å²) in [6, 6.07) is 15.9. The average molecular weight is 264 g/mol. The van der Waals surface area contributed by atoms with Gasteiger partial charge in [-0.2, -0.15) is 0 Å². The summed E-state index contributed by atoms with van der Waals surface area (Å²) >= 11 is 0. The van der Waals surface area contributed by atoms with Crippen molar-refractivity contribution in [3.05, 3.63) is 82.9 Å². The van der Waals surface area contributed by atoms with E-state index in [1.165, 1.54) is 0 Å². The molecule has 0 spiro atoms. The van der Waals surface area contributed by atoms with Crippen LogP contribution >= 0.6 is 0 Å². The molecule has 0 heterocycles. The fraction of sp³-hybridized carbons (Fsp3) is 0.158. The highest BCUT2D eigenvalue weighted by Gasteiger charge is 2.15. The summed E-state index contributed by atoms with van der Waals surface area (Å²) in [5, 5.41) is 10.7. The van der Waals surface area contributed by atoms with E-state index >= 15 is 0 Å². The molecule has 0 saturated heterocycles. The smallest absolute Gasteiger partial charge is 0.105 e. The number of rotatable bonds is 4. The lowest BCUT2D eigenvalue weighted by Crippen LogP contribution is -2.03. The Balaban J connectivity index is 2.49. The van der Waals surface area contributed by atoms with Gasteiger partial charge >= 0.3 is 0 Å². The van der Waals surface area contributed by atoms with Crippen molar-refractivity contribution in [1.29, 1.82) is 0 Å². The average Bonchev–Trinajstić information content (AvgIpc) is 2.48. The second kappa shape index (κ2) is 6.88. The lowest BCUT2D eigenvalue weighted by Gasteiger charge is -2.16. The molecule has 0 unspecified atom stereocenters. The van der Waals surface area contributed by atoms with E-state index in [0.717, 1.165) is 22.3 Å². The van der Waals surface area contributed by atoms with Crippen LogP contribution in [0.3, 0.4) is 0 Å². The number of hydrogen-bond donors (Lipinski definition) is 1. The molecule has 20 heavy (non-hydrogen) atoms. The minimum absolute atomic E-state index is 0.616. The summed E-state index contributed by atoms with van der Waals surface area (Å²) in [6.07, 6.45) is 7.41. The molecule has 0 atom stereocenters. The summed E-state index contributed by atoms with van der Waals surface area (Å²) in [5.74, 6) is 0. The second-order valence-electron chi connectivity index (χ2n) is 4.66. The first-order valence-corrected chi connectivity index (χ1v) is 6.89. The summed E-state index contributed by atoms with van der Waals surface area (Å²) < 4.78 is 0. The normalized spacial score (nSPS) is 13.2. The lowest BCUT2D eigenvalue weighted by atomic mass is 9.93. The number of benzene rings is 2. The van der Waals surface area contributed by atoms with E-state index in [1.807, 2.05) is 86.7 Å². The van der Waals surface area contributed by atoms with Crippen molar-refractivity contribution >= 4 is 12.2 Å². The monoisotopic (exact) mass is 264 g/mol. The molecule has 2 aromatic carbocycles. The number of aliphatic hydroxyl groups is 1. The van der Waals surface area contributed by atoms with E-state index in [0.29, 0.717) is 0 Å². The molecular formula is C19H20O. The van der Waals surface area contributed by atoms with Crippen LogP contribution in [0.4, 0.5) is 0 Å². The van der Waals surface area contributed by atoms with Gasteiger partial charge in [0.2, 0.25) is 0 Å². The Labute approximate surface area is 120 Å². The van der Waals surface area contributed by atoms with Crippen molar-refractivity contribution < 1.29 is 5.11 Å². The van der Waals surface area contributed by atoms with Crippen molar-refractivity contribution in [2.75, 3.05) is 0 Å². The zero-order valence-electron chi connectivity index (χ0n) is 12.0. The molecule has 1 N–H and O–H groups in total. The maximum Gasteiger partial charge on any atom is 0.105 e. The molecule has 0 aliphatic heterocycles. The molecule has 0 aromatic heterocycles. The van der Waals surface area contributed by atoms with E-state index < -0.39 is 6.10 Å². The van der Waals surface area contributed by atoms with Crippen LogP contribution in [0.25, 0.3) is 12.2 Å². The Hall–Kier alpha value is -2.12. The predicted molar refractivity (Wildman–Crippen MR) is 86.4 cm³/mol. The van der Waals surface area contributed by atoms with Gasteiger partial charge in [-0.1, -0.05) is 72.8 Å². The van der Waals surface area contributed by atoms with E-state index in [1.54, 1.807) is 0 Å². The molecule has 102 valence electrons. The molecule has 0 aliphatic carbocycles. The first-order valence-electron chi connectivity index (χ1n) is 6.89. The predicted octanol–water partition coefficient (Wildman–Crippen LogP) is 4.83. The van der Waals surface area contributed by atoms with Gasteiger partial charge in [0.1, 0.15) is 6.10 Å². The van der Waals surface area contributed by atoms with Crippen LogP contribution in [-0.2, 0) is 0 Å². The topological polar surface area (TPSA) is 20.2 Å². The minimum atomic E-state index is -0.616. The third kappa shape index (κ3) is 3.06. The van der Waals surface area contributed by atoms with Gasteiger partial charge in [0, 0.05) is 0 Å². The maximum atomic E-state index is 10.7. The van der Waals surface area contributed by atoms with Gasteiger partial charge in [-0.25, -0.2) is 0 Å². The van der Waals surface area contributed by atoms with Gasteiger partial charge in [0.05, 0.1) is 0 Å². The Bertz CT molecular complexity index is 568. The highest BCUT2D eigenvalue weighted by atomic mass is 16.3. The highest BCUT2D eigenvalue weighted by molar-refractivity contribution is 5.59. The molecule has 2 rings (SSSR count). The van der Waals surface area contributed by atoms with Crippen molar-refractivity contribution in [1.82, 2.24) is 0 Å². The zero-order chi connectivity index (χ0) is 14.4. The first-order chi connectivity index (χ1) is 9.77. The van der Waals surface area contributed by atoms with E-state index in [-0.39, 0.29) is 0 Å². The Morgan fingerprint density at radius 1 is 0.750 bits per heavy atom. The third-order valence-electron chi connectivity index (χ3n) is 3.27. The molecule has 1 nitrogen and oxygen atoms in total. The van der Waals surface area contributed by atoms with E-state index in [4.69, 9.17) is 0 Å². The number of aliphatic hydroxyl groups excluding tert-OH is 1. The molecule has 0 aliphatic rings. The molecule has 0 radical (unpaired) electrons. The minimum Gasteiger partial charge on any atom is -0.384 e. The fourth-order valence-corrected chi connectivity index (χ4v) is 2.35.